The van der Waals surface area contributed by atoms with Crippen LogP contribution in [0.25, 0.3) is 0 Å². The Kier molecular flexibility index (Phi) is 4.52. The van der Waals surface area contributed by atoms with Gasteiger partial charge in [-0.1, -0.05) is 18.2 Å². The molecule has 0 aliphatic heterocycles. The first-order chi connectivity index (χ1) is 7.99. The molecule has 0 heterocycles. The molecule has 1 aromatic rings. The quantitative estimate of drug-likeness (QED) is 0.863. The van der Waals surface area contributed by atoms with Crippen molar-refractivity contribution in [1.82, 2.24) is 4.90 Å². The number of likely N-dealkylation sites (N-methyl/N-ethyl adjacent to an activating group) is 1. The predicted molar refractivity (Wildman–Crippen MR) is 67.8 cm³/mol. The topological polar surface area (TPSA) is 55.6 Å². The minimum atomic E-state index is -0.489. The van der Waals surface area contributed by atoms with Crippen LogP contribution in [0.2, 0.25) is 0 Å². The van der Waals surface area contributed by atoms with Gasteiger partial charge < -0.3 is 15.4 Å². The summed E-state index contributed by atoms with van der Waals surface area (Å²) in [6.07, 6.45) is 0. The number of carbonyl (C=O) groups excluding carboxylic acids is 1. The lowest BCUT2D eigenvalue weighted by molar-refractivity contribution is -0.132. The van der Waals surface area contributed by atoms with Crippen molar-refractivity contribution in [3.05, 3.63) is 29.8 Å². The average molecular weight is 236 g/mol. The maximum absolute atomic E-state index is 11.8. The van der Waals surface area contributed by atoms with Gasteiger partial charge >= 0.3 is 0 Å². The van der Waals surface area contributed by atoms with Crippen LogP contribution in [0.15, 0.2) is 24.3 Å². The van der Waals surface area contributed by atoms with Crippen molar-refractivity contribution in [3.63, 3.8) is 0 Å². The lowest BCUT2D eigenvalue weighted by atomic mass is 10.1. The summed E-state index contributed by atoms with van der Waals surface area (Å²) in [6, 6.07) is 7.12. The minimum Gasteiger partial charge on any atom is -0.496 e. The van der Waals surface area contributed by atoms with Crippen molar-refractivity contribution in [1.29, 1.82) is 0 Å². The van der Waals surface area contributed by atoms with Crippen LogP contribution in [-0.4, -0.2) is 31.0 Å². The monoisotopic (exact) mass is 236 g/mol. The zero-order valence-corrected chi connectivity index (χ0v) is 10.8. The molecule has 0 bridgehead atoms. The van der Waals surface area contributed by atoms with Gasteiger partial charge in [-0.15, -0.1) is 0 Å². The van der Waals surface area contributed by atoms with Crippen LogP contribution in [-0.2, 0) is 4.79 Å². The van der Waals surface area contributed by atoms with E-state index in [-0.39, 0.29) is 11.9 Å². The Morgan fingerprint density at radius 1 is 1.35 bits per heavy atom. The number of nitrogens with zero attached hydrogens (tertiary/aromatic N) is 1. The Labute approximate surface area is 102 Å². The number of para-hydroxylation sites is 1. The van der Waals surface area contributed by atoms with E-state index >= 15 is 0 Å². The van der Waals surface area contributed by atoms with Crippen LogP contribution in [0, 0.1) is 0 Å². The summed E-state index contributed by atoms with van der Waals surface area (Å²) >= 11 is 0. The first kappa shape index (κ1) is 13.5. The van der Waals surface area contributed by atoms with Gasteiger partial charge in [-0.3, -0.25) is 4.79 Å². The molecule has 0 fully saturated rings. The second kappa shape index (κ2) is 5.68. The molecule has 0 saturated carbocycles. The van der Waals surface area contributed by atoms with E-state index in [1.54, 1.807) is 26.0 Å². The molecule has 4 heteroatoms. The maximum Gasteiger partial charge on any atom is 0.239 e. The second-order valence-electron chi connectivity index (χ2n) is 4.16. The normalized spacial score (nSPS) is 13.9. The molecule has 4 nitrogen and oxygen atoms in total. The average Bonchev–Trinajstić information content (AvgIpc) is 2.35. The predicted octanol–water partition coefficient (Wildman–Crippen LogP) is 1.56. The number of carbonyl (C=O) groups is 1. The van der Waals surface area contributed by atoms with Gasteiger partial charge in [0.25, 0.3) is 0 Å². The first-order valence-electron chi connectivity index (χ1n) is 5.64. The number of ether oxygens (including phenoxy) is 1. The van der Waals surface area contributed by atoms with E-state index in [4.69, 9.17) is 10.5 Å². The zero-order valence-electron chi connectivity index (χ0n) is 10.8. The fourth-order valence-electron chi connectivity index (χ4n) is 1.73. The summed E-state index contributed by atoms with van der Waals surface area (Å²) in [5, 5.41) is 0. The molecular formula is C13H20N2O2. The van der Waals surface area contributed by atoms with Crippen LogP contribution < -0.4 is 10.5 Å². The number of hydrogen-bond donors (Lipinski definition) is 1. The van der Waals surface area contributed by atoms with Crippen molar-refractivity contribution in [2.75, 3.05) is 14.2 Å². The highest BCUT2D eigenvalue weighted by Gasteiger charge is 2.22. The molecule has 94 valence electrons. The first-order valence-corrected chi connectivity index (χ1v) is 5.64. The van der Waals surface area contributed by atoms with Gasteiger partial charge in [-0.05, 0) is 19.9 Å². The number of benzene rings is 1. The zero-order chi connectivity index (χ0) is 13.0. The highest BCUT2D eigenvalue weighted by molar-refractivity contribution is 5.81. The maximum atomic E-state index is 11.8. The molecule has 0 aromatic heterocycles. The Bertz CT molecular complexity index is 391. The van der Waals surface area contributed by atoms with Crippen LogP contribution in [0.4, 0.5) is 0 Å². The molecule has 0 saturated heterocycles. The number of hydrogen-bond acceptors (Lipinski definition) is 3. The standard InChI is InChI=1S/C13H20N2O2/c1-9(14)13(16)15(3)10(2)11-7-5-6-8-12(11)17-4/h5-10H,14H2,1-4H3. The van der Waals surface area contributed by atoms with Gasteiger partial charge in [0, 0.05) is 12.6 Å². The third-order valence-electron chi connectivity index (χ3n) is 2.91. The summed E-state index contributed by atoms with van der Waals surface area (Å²) in [5.41, 5.74) is 6.58. The van der Waals surface area contributed by atoms with Crippen molar-refractivity contribution in [2.24, 2.45) is 5.73 Å². The fourth-order valence-corrected chi connectivity index (χ4v) is 1.73. The lowest BCUT2D eigenvalue weighted by Crippen LogP contribution is -2.41. The molecular weight excluding hydrogens is 216 g/mol. The van der Waals surface area contributed by atoms with E-state index < -0.39 is 6.04 Å². The molecule has 0 radical (unpaired) electrons. The van der Waals surface area contributed by atoms with Crippen molar-refractivity contribution in [3.8, 4) is 5.75 Å². The van der Waals surface area contributed by atoms with E-state index in [0.717, 1.165) is 11.3 Å². The van der Waals surface area contributed by atoms with E-state index in [0.29, 0.717) is 0 Å². The highest BCUT2D eigenvalue weighted by Crippen LogP contribution is 2.28. The molecule has 1 amide bonds. The summed E-state index contributed by atoms with van der Waals surface area (Å²) in [4.78, 5) is 13.5. The number of nitrogens with two attached hydrogens (primary N) is 1. The largest absolute Gasteiger partial charge is 0.496 e. The molecule has 17 heavy (non-hydrogen) atoms. The van der Waals surface area contributed by atoms with Gasteiger partial charge in [-0.25, -0.2) is 0 Å². The van der Waals surface area contributed by atoms with E-state index in [9.17, 15) is 4.79 Å². The van der Waals surface area contributed by atoms with E-state index in [1.165, 1.54) is 0 Å². The van der Waals surface area contributed by atoms with Crippen LogP contribution in [0.1, 0.15) is 25.5 Å². The molecule has 2 atom stereocenters. The van der Waals surface area contributed by atoms with Crippen molar-refractivity contribution < 1.29 is 9.53 Å². The highest BCUT2D eigenvalue weighted by atomic mass is 16.5. The Morgan fingerprint density at radius 2 is 1.94 bits per heavy atom. The molecule has 0 aliphatic carbocycles. The fraction of sp³-hybridized carbons (Fsp3) is 0.462. The van der Waals surface area contributed by atoms with Crippen LogP contribution in [0.3, 0.4) is 0 Å². The minimum absolute atomic E-state index is 0.0651. The second-order valence-corrected chi connectivity index (χ2v) is 4.16. The Morgan fingerprint density at radius 3 is 2.47 bits per heavy atom. The number of rotatable bonds is 4. The van der Waals surface area contributed by atoms with Gasteiger partial charge in [0.05, 0.1) is 19.2 Å². The Hall–Kier alpha value is -1.55. The smallest absolute Gasteiger partial charge is 0.239 e. The third-order valence-corrected chi connectivity index (χ3v) is 2.91. The van der Waals surface area contributed by atoms with E-state index in [1.807, 2.05) is 31.2 Å². The van der Waals surface area contributed by atoms with Gasteiger partial charge in [0.2, 0.25) is 5.91 Å². The van der Waals surface area contributed by atoms with Crippen LogP contribution >= 0.6 is 0 Å². The molecule has 0 spiro atoms. The molecule has 1 aromatic carbocycles. The molecule has 1 rings (SSSR count). The number of methoxy groups -OCH3 is 1. The van der Waals surface area contributed by atoms with Crippen molar-refractivity contribution in [2.45, 2.75) is 25.9 Å². The lowest BCUT2D eigenvalue weighted by Gasteiger charge is -2.27. The summed E-state index contributed by atoms with van der Waals surface area (Å²) < 4.78 is 5.29. The summed E-state index contributed by atoms with van der Waals surface area (Å²) in [6.45, 7) is 3.64. The van der Waals surface area contributed by atoms with Gasteiger partial charge in [0.1, 0.15) is 5.75 Å². The molecule has 2 N–H and O–H groups in total. The Balaban J connectivity index is 2.96. The third kappa shape index (κ3) is 2.97. The number of amides is 1. The van der Waals surface area contributed by atoms with Crippen LogP contribution in [0.5, 0.6) is 5.75 Å². The molecule has 2 unspecified atom stereocenters. The van der Waals surface area contributed by atoms with Gasteiger partial charge in [0.15, 0.2) is 0 Å². The molecule has 0 aliphatic rings. The summed E-state index contributed by atoms with van der Waals surface area (Å²) in [5.74, 6) is 0.702. The SMILES string of the molecule is COc1ccccc1C(C)N(C)C(=O)C(C)N. The summed E-state index contributed by atoms with van der Waals surface area (Å²) in [7, 11) is 3.38. The van der Waals surface area contributed by atoms with Crippen molar-refractivity contribution >= 4 is 5.91 Å². The van der Waals surface area contributed by atoms with Gasteiger partial charge in [-0.2, -0.15) is 0 Å². The van der Waals surface area contributed by atoms with E-state index in [2.05, 4.69) is 0 Å².